The molecular weight excluding hydrogens is 414 g/mol. The third kappa shape index (κ3) is 3.64. The first-order valence-electron chi connectivity index (χ1n) is 11.9. The number of nitrogens with one attached hydrogen (secondary N) is 1. The fraction of sp³-hybridized carbons (Fsp3) is 0.696. The van der Waals surface area contributed by atoms with Crippen LogP contribution in [0.3, 0.4) is 0 Å². The van der Waals surface area contributed by atoms with Crippen molar-refractivity contribution in [1.29, 1.82) is 0 Å². The lowest BCUT2D eigenvalue weighted by atomic mass is 9.81. The van der Waals surface area contributed by atoms with Crippen LogP contribution < -0.4 is 11.1 Å². The highest BCUT2D eigenvalue weighted by Gasteiger charge is 2.50. The minimum Gasteiger partial charge on any atom is -0.332 e. The molecule has 7 nitrogen and oxygen atoms in total. The smallest absolute Gasteiger partial charge is 0.318 e. The summed E-state index contributed by atoms with van der Waals surface area (Å²) in [5, 5.41) is 7.79. The summed E-state index contributed by atoms with van der Waals surface area (Å²) in [4.78, 5) is 19.6. The predicted octanol–water partition coefficient (Wildman–Crippen LogP) is 3.95. The van der Waals surface area contributed by atoms with E-state index in [1.54, 1.807) is 4.52 Å². The second-order valence-corrected chi connectivity index (χ2v) is 10.4. The first-order valence-corrected chi connectivity index (χ1v) is 11.9. The van der Waals surface area contributed by atoms with Crippen LogP contribution in [0.2, 0.25) is 0 Å². The highest BCUT2D eigenvalue weighted by Crippen LogP contribution is 2.48. The number of alkyl halides is 2. The summed E-state index contributed by atoms with van der Waals surface area (Å²) < 4.78 is 28.8. The molecule has 2 atom stereocenters. The summed E-state index contributed by atoms with van der Waals surface area (Å²) in [6.07, 6.45) is 9.66. The number of hydrogen-bond donors (Lipinski definition) is 2. The molecule has 32 heavy (non-hydrogen) atoms. The van der Waals surface area contributed by atoms with Crippen LogP contribution >= 0.6 is 0 Å². The molecule has 9 heteroatoms. The Morgan fingerprint density at radius 1 is 1.09 bits per heavy atom. The Labute approximate surface area is 185 Å². The van der Waals surface area contributed by atoms with Gasteiger partial charge in [-0.15, -0.1) is 0 Å². The standard InChI is InChI=1S/C23H30F2N6O/c24-23(25)5-3-14(4-6-23)19(26)17-13-31-18(28-17)11-16(12-27-31)20(15-1-2-15)30-10-9-22(7-8-22)29-21(30)32/h11-15,19-20H,1-10,26H2,(H,29,32)/t19?,20-/m1/s1. The fourth-order valence-electron chi connectivity index (χ4n) is 5.60. The number of urea groups is 1. The lowest BCUT2D eigenvalue weighted by molar-refractivity contribution is -0.0484. The zero-order valence-electron chi connectivity index (χ0n) is 18.1. The number of hydrogen-bond acceptors (Lipinski definition) is 4. The molecule has 3 N–H and O–H groups in total. The zero-order valence-corrected chi connectivity index (χ0v) is 18.1. The normalized spacial score (nSPS) is 26.8. The Hall–Kier alpha value is -2.29. The van der Waals surface area contributed by atoms with E-state index in [9.17, 15) is 13.6 Å². The van der Waals surface area contributed by atoms with Crippen molar-refractivity contribution in [2.75, 3.05) is 6.54 Å². The number of amides is 2. The molecule has 3 saturated carbocycles. The Balaban J connectivity index is 1.24. The molecule has 1 saturated heterocycles. The van der Waals surface area contributed by atoms with E-state index in [0.717, 1.165) is 44.2 Å². The molecule has 3 heterocycles. The van der Waals surface area contributed by atoms with Gasteiger partial charge in [0, 0.05) is 24.9 Å². The third-order valence-corrected chi connectivity index (χ3v) is 8.03. The number of nitrogens with zero attached hydrogens (tertiary/aromatic N) is 4. The number of nitrogens with two attached hydrogens (primary N) is 1. The van der Waals surface area contributed by atoms with E-state index < -0.39 is 5.92 Å². The summed E-state index contributed by atoms with van der Waals surface area (Å²) in [6, 6.07) is 1.68. The van der Waals surface area contributed by atoms with Gasteiger partial charge in [-0.3, -0.25) is 0 Å². The first-order chi connectivity index (χ1) is 15.3. The van der Waals surface area contributed by atoms with Crippen molar-refractivity contribution >= 4 is 11.7 Å². The monoisotopic (exact) mass is 444 g/mol. The molecule has 1 aliphatic heterocycles. The van der Waals surface area contributed by atoms with E-state index in [1.165, 1.54) is 0 Å². The van der Waals surface area contributed by atoms with E-state index in [1.807, 2.05) is 23.4 Å². The Bertz CT molecular complexity index is 1040. The van der Waals surface area contributed by atoms with Crippen molar-refractivity contribution in [3.63, 3.8) is 0 Å². The van der Waals surface area contributed by atoms with Crippen LogP contribution in [0.15, 0.2) is 18.5 Å². The summed E-state index contributed by atoms with van der Waals surface area (Å²) in [7, 11) is 0. The van der Waals surface area contributed by atoms with Gasteiger partial charge in [0.15, 0.2) is 5.65 Å². The van der Waals surface area contributed by atoms with Crippen LogP contribution in [0, 0.1) is 11.8 Å². The molecule has 4 fully saturated rings. The molecule has 2 aromatic rings. The van der Waals surface area contributed by atoms with E-state index in [4.69, 9.17) is 10.7 Å². The Kier molecular flexibility index (Phi) is 4.51. The fourth-order valence-corrected chi connectivity index (χ4v) is 5.60. The average molecular weight is 445 g/mol. The molecule has 1 spiro atoms. The summed E-state index contributed by atoms with van der Waals surface area (Å²) in [5.41, 5.74) is 8.88. The van der Waals surface area contributed by atoms with Gasteiger partial charge in [0.1, 0.15) is 0 Å². The molecule has 0 bridgehead atoms. The predicted molar refractivity (Wildman–Crippen MR) is 114 cm³/mol. The molecule has 1 unspecified atom stereocenters. The largest absolute Gasteiger partial charge is 0.332 e. The maximum Gasteiger partial charge on any atom is 0.318 e. The zero-order chi connectivity index (χ0) is 22.1. The Morgan fingerprint density at radius 3 is 2.50 bits per heavy atom. The minimum atomic E-state index is -2.57. The van der Waals surface area contributed by atoms with Gasteiger partial charge in [-0.25, -0.2) is 23.1 Å². The van der Waals surface area contributed by atoms with Gasteiger partial charge >= 0.3 is 6.03 Å². The number of carbonyl (C=O) groups excluding carboxylic acids is 1. The van der Waals surface area contributed by atoms with E-state index in [0.29, 0.717) is 30.1 Å². The first kappa shape index (κ1) is 20.3. The van der Waals surface area contributed by atoms with Crippen molar-refractivity contribution in [2.45, 2.75) is 81.3 Å². The molecule has 0 radical (unpaired) electrons. The van der Waals surface area contributed by atoms with Gasteiger partial charge in [0.05, 0.1) is 30.2 Å². The van der Waals surface area contributed by atoms with Crippen molar-refractivity contribution < 1.29 is 13.6 Å². The van der Waals surface area contributed by atoms with Gasteiger partial charge in [-0.2, -0.15) is 5.10 Å². The number of halogens is 2. The molecule has 172 valence electrons. The summed E-state index contributed by atoms with van der Waals surface area (Å²) in [5.74, 6) is -2.10. The van der Waals surface area contributed by atoms with Crippen molar-refractivity contribution in [2.24, 2.45) is 17.6 Å². The van der Waals surface area contributed by atoms with Gasteiger partial charge in [-0.1, -0.05) is 0 Å². The SMILES string of the molecule is NC(c1cn2ncc([C@@H](C3CC3)N3CCC4(CC4)NC3=O)cc2n1)C1CCC(F)(F)CC1. The molecule has 3 aliphatic carbocycles. The molecule has 4 aliphatic rings. The number of carbonyl (C=O) groups is 1. The van der Waals surface area contributed by atoms with Crippen LogP contribution in [0.4, 0.5) is 13.6 Å². The minimum absolute atomic E-state index is 0.00464. The van der Waals surface area contributed by atoms with Gasteiger partial charge in [-0.05, 0) is 68.4 Å². The van der Waals surface area contributed by atoms with Gasteiger partial charge < -0.3 is 16.0 Å². The molecule has 6 rings (SSSR count). The summed E-state index contributed by atoms with van der Waals surface area (Å²) >= 11 is 0. The maximum atomic E-state index is 13.5. The topological polar surface area (TPSA) is 88.5 Å². The van der Waals surface area contributed by atoms with Crippen LogP contribution in [0.5, 0.6) is 0 Å². The molecule has 0 aromatic carbocycles. The van der Waals surface area contributed by atoms with Gasteiger partial charge in [0.25, 0.3) is 0 Å². The van der Waals surface area contributed by atoms with Crippen molar-refractivity contribution in [3.05, 3.63) is 29.7 Å². The van der Waals surface area contributed by atoms with Crippen LogP contribution in [-0.4, -0.2) is 43.5 Å². The average Bonchev–Trinajstić information content (AvgIpc) is 3.68. The molecule has 2 amide bonds. The second-order valence-electron chi connectivity index (χ2n) is 10.4. The highest BCUT2D eigenvalue weighted by molar-refractivity contribution is 5.77. The summed E-state index contributed by atoms with van der Waals surface area (Å²) in [6.45, 7) is 0.773. The molecular formula is C23H30F2N6O. The number of rotatable bonds is 5. The maximum absolute atomic E-state index is 13.5. The van der Waals surface area contributed by atoms with Crippen molar-refractivity contribution in [1.82, 2.24) is 24.8 Å². The van der Waals surface area contributed by atoms with Crippen molar-refractivity contribution in [3.8, 4) is 0 Å². The van der Waals surface area contributed by atoms with E-state index in [-0.39, 0.29) is 42.4 Å². The number of aromatic nitrogens is 3. The lowest BCUT2D eigenvalue weighted by Crippen LogP contribution is -2.54. The van der Waals surface area contributed by atoms with Crippen LogP contribution in [0.25, 0.3) is 5.65 Å². The quantitative estimate of drug-likeness (QED) is 0.731. The lowest BCUT2D eigenvalue weighted by Gasteiger charge is -2.38. The van der Waals surface area contributed by atoms with Crippen LogP contribution in [-0.2, 0) is 0 Å². The number of fused-ring (bicyclic) bond motifs is 1. The Morgan fingerprint density at radius 2 is 1.84 bits per heavy atom. The van der Waals surface area contributed by atoms with Crippen LogP contribution in [0.1, 0.15) is 81.1 Å². The third-order valence-electron chi connectivity index (χ3n) is 8.03. The van der Waals surface area contributed by atoms with Gasteiger partial charge in [0.2, 0.25) is 5.92 Å². The van der Waals surface area contributed by atoms with E-state index >= 15 is 0 Å². The number of imidazole rings is 1. The second kappa shape index (κ2) is 7.10. The molecule has 2 aromatic heterocycles. The van der Waals surface area contributed by atoms with E-state index in [2.05, 4.69) is 10.4 Å². The highest BCUT2D eigenvalue weighted by atomic mass is 19.3.